The first-order chi connectivity index (χ1) is 12.0. The summed E-state index contributed by atoms with van der Waals surface area (Å²) in [6.45, 7) is 0. The van der Waals surface area contributed by atoms with Gasteiger partial charge in [-0.05, 0) is 12.1 Å². The Morgan fingerprint density at radius 1 is 1.24 bits per heavy atom. The number of hydrogen-bond acceptors (Lipinski definition) is 9. The Morgan fingerprint density at radius 3 is 2.84 bits per heavy atom. The molecule has 0 unspecified atom stereocenters. The summed E-state index contributed by atoms with van der Waals surface area (Å²) in [5, 5.41) is 40.4. The van der Waals surface area contributed by atoms with Crippen molar-refractivity contribution in [1.82, 2.24) is 14.9 Å². The highest BCUT2D eigenvalue weighted by molar-refractivity contribution is 7.98. The third kappa shape index (κ3) is 3.98. The summed E-state index contributed by atoms with van der Waals surface area (Å²) < 4.78 is 6.49. The standard InChI is InChI=1S/C15H12N4O5S/c20-10-2-1-9(12(21)3-10)5-17-19-8-16-18-15(19)25-7-11-4-13(22)14(23)6-24-11/h1-6,8,20-21,23H,7H2/b17-5+. The molecule has 0 saturated heterocycles. The highest BCUT2D eigenvalue weighted by Gasteiger charge is 2.08. The molecule has 3 aromatic rings. The van der Waals surface area contributed by atoms with Gasteiger partial charge in [0.25, 0.3) is 0 Å². The Hall–Kier alpha value is -3.27. The Labute approximate surface area is 144 Å². The largest absolute Gasteiger partial charge is 0.508 e. The van der Waals surface area contributed by atoms with Gasteiger partial charge in [0, 0.05) is 17.7 Å². The van der Waals surface area contributed by atoms with E-state index in [9.17, 15) is 15.0 Å². The van der Waals surface area contributed by atoms with Gasteiger partial charge in [-0.3, -0.25) is 4.79 Å². The molecule has 0 atom stereocenters. The van der Waals surface area contributed by atoms with Crippen molar-refractivity contribution in [2.24, 2.45) is 5.10 Å². The lowest BCUT2D eigenvalue weighted by Gasteiger charge is -2.02. The van der Waals surface area contributed by atoms with Gasteiger partial charge in [-0.2, -0.15) is 9.78 Å². The third-order valence-electron chi connectivity index (χ3n) is 3.05. The van der Waals surface area contributed by atoms with Gasteiger partial charge in [-0.15, -0.1) is 10.2 Å². The molecule has 10 heteroatoms. The molecule has 0 aliphatic heterocycles. The lowest BCUT2D eigenvalue weighted by Crippen LogP contribution is -1.99. The van der Waals surface area contributed by atoms with Crippen molar-refractivity contribution in [1.29, 1.82) is 0 Å². The van der Waals surface area contributed by atoms with Crippen LogP contribution in [0.25, 0.3) is 0 Å². The number of aromatic hydroxyl groups is 3. The monoisotopic (exact) mass is 360 g/mol. The van der Waals surface area contributed by atoms with E-state index in [0.29, 0.717) is 16.5 Å². The van der Waals surface area contributed by atoms with Crippen LogP contribution >= 0.6 is 11.8 Å². The lowest BCUT2D eigenvalue weighted by atomic mass is 10.2. The summed E-state index contributed by atoms with van der Waals surface area (Å²) >= 11 is 1.22. The number of rotatable bonds is 5. The fourth-order valence-electron chi connectivity index (χ4n) is 1.81. The molecule has 3 N–H and O–H groups in total. The Bertz CT molecular complexity index is 982. The van der Waals surface area contributed by atoms with E-state index in [1.54, 1.807) is 0 Å². The number of thioether (sulfide) groups is 1. The van der Waals surface area contributed by atoms with E-state index >= 15 is 0 Å². The molecule has 0 radical (unpaired) electrons. The summed E-state index contributed by atoms with van der Waals surface area (Å²) in [5.41, 5.74) is -0.115. The number of aromatic nitrogens is 3. The van der Waals surface area contributed by atoms with Crippen molar-refractivity contribution >= 4 is 18.0 Å². The molecule has 9 nitrogen and oxygen atoms in total. The molecule has 128 valence electrons. The molecular formula is C15H12N4O5S. The molecule has 25 heavy (non-hydrogen) atoms. The van der Waals surface area contributed by atoms with Crippen molar-refractivity contribution in [2.75, 3.05) is 0 Å². The maximum absolute atomic E-state index is 11.4. The van der Waals surface area contributed by atoms with E-state index in [0.717, 1.165) is 6.26 Å². The van der Waals surface area contributed by atoms with Gasteiger partial charge in [-0.25, -0.2) is 0 Å². The van der Waals surface area contributed by atoms with Gasteiger partial charge in [0.15, 0.2) is 5.75 Å². The average Bonchev–Trinajstić information content (AvgIpc) is 3.02. The van der Waals surface area contributed by atoms with Crippen molar-refractivity contribution in [2.45, 2.75) is 10.9 Å². The number of phenols is 2. The van der Waals surface area contributed by atoms with Crippen LogP contribution in [0.2, 0.25) is 0 Å². The molecule has 0 amide bonds. The minimum absolute atomic E-state index is 0.0504. The van der Waals surface area contributed by atoms with Gasteiger partial charge in [-0.1, -0.05) is 11.8 Å². The van der Waals surface area contributed by atoms with Crippen LogP contribution in [-0.4, -0.2) is 36.4 Å². The second-order valence-electron chi connectivity index (χ2n) is 4.83. The van der Waals surface area contributed by atoms with E-state index in [2.05, 4.69) is 15.3 Å². The van der Waals surface area contributed by atoms with Crippen molar-refractivity contribution in [3.8, 4) is 17.2 Å². The van der Waals surface area contributed by atoms with E-state index in [1.165, 1.54) is 53.2 Å². The van der Waals surface area contributed by atoms with E-state index in [1.807, 2.05) is 0 Å². The fraction of sp³-hybridized carbons (Fsp3) is 0.0667. The van der Waals surface area contributed by atoms with E-state index in [-0.39, 0.29) is 17.3 Å². The molecule has 2 heterocycles. The lowest BCUT2D eigenvalue weighted by molar-refractivity contribution is 0.419. The average molecular weight is 360 g/mol. The smallest absolute Gasteiger partial charge is 0.226 e. The van der Waals surface area contributed by atoms with Crippen LogP contribution in [0.1, 0.15) is 11.3 Å². The van der Waals surface area contributed by atoms with E-state index < -0.39 is 11.2 Å². The quantitative estimate of drug-likeness (QED) is 0.460. The van der Waals surface area contributed by atoms with Crippen LogP contribution in [0.15, 0.2) is 56.3 Å². The zero-order valence-corrected chi connectivity index (χ0v) is 13.4. The predicted octanol–water partition coefficient (Wildman–Crippen LogP) is 1.52. The fourth-order valence-corrected chi connectivity index (χ4v) is 2.57. The van der Waals surface area contributed by atoms with Gasteiger partial charge in [0.2, 0.25) is 10.6 Å². The molecule has 0 bridgehead atoms. The molecular weight excluding hydrogens is 348 g/mol. The Kier molecular flexibility index (Phi) is 4.70. The zero-order chi connectivity index (χ0) is 17.8. The minimum Gasteiger partial charge on any atom is -0.508 e. The van der Waals surface area contributed by atoms with Crippen molar-refractivity contribution in [3.63, 3.8) is 0 Å². The van der Waals surface area contributed by atoms with Gasteiger partial charge < -0.3 is 19.7 Å². The van der Waals surface area contributed by atoms with Crippen LogP contribution in [0.4, 0.5) is 0 Å². The molecule has 3 rings (SSSR count). The first kappa shape index (κ1) is 16.6. The summed E-state index contributed by atoms with van der Waals surface area (Å²) in [6, 6.07) is 5.34. The highest BCUT2D eigenvalue weighted by atomic mass is 32.2. The minimum atomic E-state index is -0.524. The normalized spacial score (nSPS) is 11.2. The SMILES string of the molecule is O=c1cc(CSc2nncn2/N=C/c2ccc(O)cc2O)occ1O. The van der Waals surface area contributed by atoms with E-state index in [4.69, 9.17) is 9.52 Å². The van der Waals surface area contributed by atoms with Crippen LogP contribution < -0.4 is 5.43 Å². The number of benzene rings is 1. The zero-order valence-electron chi connectivity index (χ0n) is 12.6. The molecule has 0 saturated carbocycles. The van der Waals surface area contributed by atoms with Crippen molar-refractivity contribution < 1.29 is 19.7 Å². The molecule has 0 aliphatic rings. The molecule has 1 aromatic carbocycles. The van der Waals surface area contributed by atoms with Crippen LogP contribution in [-0.2, 0) is 5.75 Å². The van der Waals surface area contributed by atoms with Crippen LogP contribution in [0, 0.1) is 0 Å². The molecule has 0 fully saturated rings. The Balaban J connectivity index is 1.73. The van der Waals surface area contributed by atoms with Crippen molar-refractivity contribution in [3.05, 3.63) is 58.4 Å². The molecule has 0 aliphatic carbocycles. The Morgan fingerprint density at radius 2 is 2.08 bits per heavy atom. The maximum Gasteiger partial charge on any atom is 0.226 e. The third-order valence-corrected chi connectivity index (χ3v) is 4.00. The summed E-state index contributed by atoms with van der Waals surface area (Å²) in [4.78, 5) is 11.4. The summed E-state index contributed by atoms with van der Waals surface area (Å²) in [7, 11) is 0. The van der Waals surface area contributed by atoms with Crippen LogP contribution in [0.3, 0.4) is 0 Å². The van der Waals surface area contributed by atoms with Crippen LogP contribution in [0.5, 0.6) is 17.2 Å². The summed E-state index contributed by atoms with van der Waals surface area (Å²) in [5.74, 6) is 0.0361. The van der Waals surface area contributed by atoms with Gasteiger partial charge in [0.1, 0.15) is 29.8 Å². The predicted molar refractivity (Wildman–Crippen MR) is 89.0 cm³/mol. The number of phenolic OH excluding ortho intramolecular Hbond substituents is 2. The molecule has 2 aromatic heterocycles. The second-order valence-corrected chi connectivity index (χ2v) is 5.77. The highest BCUT2D eigenvalue weighted by Crippen LogP contribution is 2.22. The number of nitrogens with zero attached hydrogens (tertiary/aromatic N) is 4. The molecule has 0 spiro atoms. The van der Waals surface area contributed by atoms with Gasteiger partial charge in [0.05, 0.1) is 12.0 Å². The summed E-state index contributed by atoms with van der Waals surface area (Å²) in [6.07, 6.45) is 3.75. The van der Waals surface area contributed by atoms with Gasteiger partial charge >= 0.3 is 0 Å². The maximum atomic E-state index is 11.4. The second kappa shape index (κ2) is 7.09. The first-order valence-electron chi connectivity index (χ1n) is 6.93. The number of hydrogen-bond donors (Lipinski definition) is 3. The topological polar surface area (TPSA) is 134 Å². The first-order valence-corrected chi connectivity index (χ1v) is 7.91.